The highest BCUT2D eigenvalue weighted by atomic mass is 14.2. The van der Waals surface area contributed by atoms with E-state index in [1.165, 1.54) is 33.0 Å². The first-order chi connectivity index (χ1) is 10.7. The van der Waals surface area contributed by atoms with Gasteiger partial charge in [0.1, 0.15) is 0 Å². The molecule has 0 aliphatic rings. The quantitative estimate of drug-likeness (QED) is 0.655. The summed E-state index contributed by atoms with van der Waals surface area (Å²) in [7, 11) is 0. The molecule has 0 fully saturated rings. The summed E-state index contributed by atoms with van der Waals surface area (Å²) in [6.07, 6.45) is 1.39. The van der Waals surface area contributed by atoms with Crippen LogP contribution in [-0.4, -0.2) is 0 Å². The first-order valence-electron chi connectivity index (χ1n) is 7.61. The number of fused-ring (bicyclic) bond motifs is 1. The molecule has 22 heavy (non-hydrogen) atoms. The van der Waals surface area contributed by atoms with E-state index < -0.39 is 0 Å². The van der Waals surface area contributed by atoms with Crippen LogP contribution >= 0.6 is 0 Å². The zero-order valence-electron chi connectivity index (χ0n) is 13.1. The zero-order chi connectivity index (χ0) is 15.5. The van der Waals surface area contributed by atoms with Crippen LogP contribution in [0.1, 0.15) is 27.8 Å². The minimum Gasteiger partial charge on any atom is -0.198 e. The summed E-state index contributed by atoms with van der Waals surface area (Å²) in [5.41, 5.74) is 6.39. The van der Waals surface area contributed by atoms with Crippen LogP contribution < -0.4 is 0 Å². The predicted octanol–water partition coefficient (Wildman–Crippen LogP) is 5.11. The van der Waals surface area contributed by atoms with E-state index in [-0.39, 0.29) is 0 Å². The number of rotatable bonds is 3. The Morgan fingerprint density at radius 3 is 2.05 bits per heavy atom. The Balaban J connectivity index is 2.08. The summed E-state index contributed by atoms with van der Waals surface area (Å²) in [5.74, 6) is 0. The molecule has 0 heterocycles. The van der Waals surface area contributed by atoms with Crippen molar-refractivity contribution in [3.05, 3.63) is 82.4 Å². The molecule has 0 aliphatic heterocycles. The van der Waals surface area contributed by atoms with Crippen LogP contribution in [0.5, 0.6) is 0 Å². The van der Waals surface area contributed by atoms with Crippen LogP contribution in [0, 0.1) is 25.2 Å². The van der Waals surface area contributed by atoms with Gasteiger partial charge in [0, 0.05) is 0 Å². The van der Waals surface area contributed by atoms with Crippen LogP contribution in [0.2, 0.25) is 0 Å². The standard InChI is InChI=1S/C21H19N/c1-15-11-16(2)13-17(12-15)14-19-8-7-18(9-10-22)20-5-3-4-6-21(19)20/h3-8,11-13H,9,14H2,1-2H3. The first-order valence-corrected chi connectivity index (χ1v) is 7.61. The fourth-order valence-electron chi connectivity index (χ4n) is 3.21. The molecule has 1 heteroatoms. The lowest BCUT2D eigenvalue weighted by atomic mass is 9.93. The minimum absolute atomic E-state index is 0.463. The number of benzene rings is 3. The van der Waals surface area contributed by atoms with Crippen LogP contribution in [0.3, 0.4) is 0 Å². The first kappa shape index (κ1) is 14.4. The summed E-state index contributed by atoms with van der Waals surface area (Å²) in [5, 5.41) is 11.5. The second kappa shape index (κ2) is 6.03. The third-order valence-electron chi connectivity index (χ3n) is 4.05. The highest BCUT2D eigenvalue weighted by Crippen LogP contribution is 2.25. The zero-order valence-corrected chi connectivity index (χ0v) is 13.1. The van der Waals surface area contributed by atoms with Gasteiger partial charge in [-0.3, -0.25) is 0 Å². The largest absolute Gasteiger partial charge is 0.198 e. The summed E-state index contributed by atoms with van der Waals surface area (Å²) < 4.78 is 0. The number of nitriles is 1. The normalized spacial score (nSPS) is 10.6. The lowest BCUT2D eigenvalue weighted by molar-refractivity contribution is 1.18. The van der Waals surface area contributed by atoms with Crippen molar-refractivity contribution in [2.45, 2.75) is 26.7 Å². The van der Waals surface area contributed by atoms with Crippen molar-refractivity contribution in [2.24, 2.45) is 0 Å². The number of hydrogen-bond donors (Lipinski definition) is 0. The third-order valence-corrected chi connectivity index (χ3v) is 4.05. The molecule has 3 aromatic carbocycles. The molecular formula is C21H19N. The second-order valence-electron chi connectivity index (χ2n) is 5.94. The molecule has 0 saturated carbocycles. The Labute approximate surface area is 131 Å². The fraction of sp³-hybridized carbons (Fsp3) is 0.190. The SMILES string of the molecule is Cc1cc(C)cc(Cc2ccc(CC#N)c3ccccc23)c1. The summed E-state index contributed by atoms with van der Waals surface area (Å²) >= 11 is 0. The van der Waals surface area contributed by atoms with Crippen molar-refractivity contribution in [1.29, 1.82) is 5.26 Å². The van der Waals surface area contributed by atoms with Gasteiger partial charge in [0.05, 0.1) is 12.5 Å². The molecule has 0 atom stereocenters. The van der Waals surface area contributed by atoms with Crippen LogP contribution in [0.15, 0.2) is 54.6 Å². The maximum atomic E-state index is 8.99. The molecule has 0 saturated heterocycles. The molecular weight excluding hydrogens is 266 g/mol. The summed E-state index contributed by atoms with van der Waals surface area (Å²) in [4.78, 5) is 0. The Kier molecular flexibility index (Phi) is 3.94. The van der Waals surface area contributed by atoms with E-state index in [4.69, 9.17) is 5.26 Å². The van der Waals surface area contributed by atoms with Crippen molar-refractivity contribution in [2.75, 3.05) is 0 Å². The highest BCUT2D eigenvalue weighted by molar-refractivity contribution is 5.89. The average Bonchev–Trinajstić information content (AvgIpc) is 2.49. The van der Waals surface area contributed by atoms with Gasteiger partial charge in [0.2, 0.25) is 0 Å². The predicted molar refractivity (Wildman–Crippen MR) is 92.0 cm³/mol. The molecule has 3 rings (SSSR count). The van der Waals surface area contributed by atoms with Gasteiger partial charge >= 0.3 is 0 Å². The van der Waals surface area contributed by atoms with E-state index in [2.05, 4.69) is 68.4 Å². The van der Waals surface area contributed by atoms with Crippen LogP contribution in [-0.2, 0) is 12.8 Å². The van der Waals surface area contributed by atoms with Crippen molar-refractivity contribution >= 4 is 10.8 Å². The molecule has 0 aliphatic carbocycles. The second-order valence-corrected chi connectivity index (χ2v) is 5.94. The van der Waals surface area contributed by atoms with Crippen LogP contribution in [0.4, 0.5) is 0 Å². The van der Waals surface area contributed by atoms with Gasteiger partial charge in [0.25, 0.3) is 0 Å². The van der Waals surface area contributed by atoms with Crippen molar-refractivity contribution < 1.29 is 0 Å². The molecule has 0 bridgehead atoms. The summed E-state index contributed by atoms with van der Waals surface area (Å²) in [6.45, 7) is 4.29. The van der Waals surface area contributed by atoms with Gasteiger partial charge in [-0.25, -0.2) is 0 Å². The minimum atomic E-state index is 0.463. The lowest BCUT2D eigenvalue weighted by Gasteiger charge is -2.11. The molecule has 0 radical (unpaired) electrons. The van der Waals surface area contributed by atoms with Crippen LogP contribution in [0.25, 0.3) is 10.8 Å². The Morgan fingerprint density at radius 2 is 1.41 bits per heavy atom. The molecule has 0 N–H and O–H groups in total. The average molecular weight is 285 g/mol. The van der Waals surface area contributed by atoms with Gasteiger partial charge in [-0.15, -0.1) is 0 Å². The maximum Gasteiger partial charge on any atom is 0.0669 e. The maximum absolute atomic E-state index is 8.99. The molecule has 3 aromatic rings. The molecule has 0 unspecified atom stereocenters. The van der Waals surface area contributed by atoms with E-state index in [1.807, 2.05) is 6.07 Å². The Morgan fingerprint density at radius 1 is 0.818 bits per heavy atom. The van der Waals surface area contributed by atoms with Crippen molar-refractivity contribution in [3.63, 3.8) is 0 Å². The van der Waals surface area contributed by atoms with Crippen molar-refractivity contribution in [1.82, 2.24) is 0 Å². The topological polar surface area (TPSA) is 23.8 Å². The molecule has 0 amide bonds. The van der Waals surface area contributed by atoms with E-state index in [1.54, 1.807) is 0 Å². The molecule has 108 valence electrons. The van der Waals surface area contributed by atoms with Gasteiger partial charge in [-0.05, 0) is 47.7 Å². The number of nitrogens with zero attached hydrogens (tertiary/aromatic N) is 1. The molecule has 0 aromatic heterocycles. The van der Waals surface area contributed by atoms with Gasteiger partial charge in [0.15, 0.2) is 0 Å². The van der Waals surface area contributed by atoms with E-state index in [9.17, 15) is 0 Å². The fourth-order valence-corrected chi connectivity index (χ4v) is 3.21. The monoisotopic (exact) mass is 285 g/mol. The van der Waals surface area contributed by atoms with Gasteiger partial charge in [-0.2, -0.15) is 5.26 Å². The molecule has 1 nitrogen and oxygen atoms in total. The van der Waals surface area contributed by atoms with E-state index in [0.717, 1.165) is 12.0 Å². The number of hydrogen-bond acceptors (Lipinski definition) is 1. The highest BCUT2D eigenvalue weighted by Gasteiger charge is 2.07. The Hall–Kier alpha value is -2.59. The molecule has 0 spiro atoms. The third kappa shape index (κ3) is 2.87. The van der Waals surface area contributed by atoms with E-state index >= 15 is 0 Å². The summed E-state index contributed by atoms with van der Waals surface area (Å²) in [6, 6.07) is 21.6. The van der Waals surface area contributed by atoms with Gasteiger partial charge in [-0.1, -0.05) is 65.7 Å². The lowest BCUT2D eigenvalue weighted by Crippen LogP contribution is -1.94. The number of aryl methyl sites for hydroxylation is 2. The smallest absolute Gasteiger partial charge is 0.0669 e. The van der Waals surface area contributed by atoms with Crippen molar-refractivity contribution in [3.8, 4) is 6.07 Å². The van der Waals surface area contributed by atoms with Gasteiger partial charge < -0.3 is 0 Å². The van der Waals surface area contributed by atoms with E-state index in [0.29, 0.717) is 6.42 Å². The Bertz CT molecular complexity index is 848.